The van der Waals surface area contributed by atoms with E-state index >= 15 is 0 Å². The first-order valence-electron chi connectivity index (χ1n) is 30.8. The standard InChI is InChI=1S/C63H96N18O10/c1-8-10-22-42-28-29-43(72-42)36-51(56(68)84)76-61(89)52(34-38(3)4)77-59(87)49(27-15-18-32-81(80-69)33-19-23-45(65)55(67)83)75-63(91)54(39(5)6)79-60(88)50(25-13-16-30-64)74-62(90)53(37-44-35-41-21-11-12-24-47(41)73-44)78-58(86)48(71-40(7)82)26-14-17-31-70-57(85)46(66)20-9-2/h2,8,10-12,19,21-22,24,28-29,33,35,38-39,45-46,48-54,69,72-73H,1,13-18,20,23,25-27,30-32,34,36-37,64-66H2,3-7H3,(H2,67,83)(H2,68,84)(H,70,85)(H,71,82)(H,74,90)(H,75,91)(H,76,89)(H,77,87)(H,78,86)(H,79,88)/b22-10-,33-19+,80-69?. The number of nitrogens with zero attached hydrogens (tertiary/aromatic N) is 2. The van der Waals surface area contributed by atoms with Crippen LogP contribution in [-0.2, 0) is 60.8 Å². The van der Waals surface area contributed by atoms with Gasteiger partial charge < -0.3 is 81.2 Å². The van der Waals surface area contributed by atoms with E-state index in [9.17, 15) is 47.9 Å². The molecule has 0 aliphatic heterocycles. The van der Waals surface area contributed by atoms with Crippen molar-refractivity contribution in [1.82, 2.24) is 57.5 Å². The zero-order chi connectivity index (χ0) is 67.6. The second-order valence-electron chi connectivity index (χ2n) is 23.1. The molecule has 498 valence electrons. The molecule has 1 aromatic carbocycles. The molecule has 3 aromatic rings. The van der Waals surface area contributed by atoms with E-state index in [0.717, 1.165) is 10.9 Å². The number of hydrogen-bond donors (Lipinski definition) is 16. The summed E-state index contributed by atoms with van der Waals surface area (Å²) in [6.07, 6.45) is 15.8. The Bertz CT molecular complexity index is 2990. The molecule has 21 N–H and O–H groups in total. The molecule has 2 heterocycles. The third-order valence-electron chi connectivity index (χ3n) is 14.6. The van der Waals surface area contributed by atoms with E-state index in [1.165, 1.54) is 24.2 Å². The molecule has 0 radical (unpaired) electrons. The fourth-order valence-corrected chi connectivity index (χ4v) is 9.61. The Morgan fingerprint density at radius 2 is 1.24 bits per heavy atom. The summed E-state index contributed by atoms with van der Waals surface area (Å²) in [5, 5.41) is 27.6. The first-order chi connectivity index (χ1) is 43.3. The number of para-hydroxylation sites is 1. The molecule has 91 heavy (non-hydrogen) atoms. The molecule has 0 bridgehead atoms. The van der Waals surface area contributed by atoms with Gasteiger partial charge in [0.1, 0.15) is 42.3 Å². The lowest BCUT2D eigenvalue weighted by molar-refractivity contribution is -0.136. The highest BCUT2D eigenvalue weighted by molar-refractivity contribution is 5.98. The zero-order valence-electron chi connectivity index (χ0n) is 52.9. The summed E-state index contributed by atoms with van der Waals surface area (Å²) in [4.78, 5) is 142. The first kappa shape index (κ1) is 76.0. The molecule has 0 aliphatic rings. The summed E-state index contributed by atoms with van der Waals surface area (Å²) in [7, 11) is 0. The van der Waals surface area contributed by atoms with Gasteiger partial charge in [0.15, 0.2) is 0 Å². The van der Waals surface area contributed by atoms with Gasteiger partial charge in [0.05, 0.1) is 12.1 Å². The monoisotopic (exact) mass is 1260 g/mol. The van der Waals surface area contributed by atoms with Crippen molar-refractivity contribution in [2.24, 2.45) is 45.7 Å². The molecule has 2 aromatic heterocycles. The second kappa shape index (κ2) is 40.4. The highest BCUT2D eigenvalue weighted by Crippen LogP contribution is 2.18. The molecule has 0 saturated carbocycles. The molecule has 10 amide bonds. The van der Waals surface area contributed by atoms with Gasteiger partial charge in [-0.05, 0) is 125 Å². The number of nitrogens with two attached hydrogens (primary N) is 5. The van der Waals surface area contributed by atoms with Crippen LogP contribution in [0.1, 0.15) is 129 Å². The number of rotatable bonds is 44. The van der Waals surface area contributed by atoms with E-state index in [0.29, 0.717) is 49.2 Å². The van der Waals surface area contributed by atoms with E-state index in [-0.39, 0.29) is 83.3 Å². The van der Waals surface area contributed by atoms with E-state index in [2.05, 4.69) is 70.2 Å². The van der Waals surface area contributed by atoms with Gasteiger partial charge in [-0.1, -0.05) is 75.9 Å². The second-order valence-corrected chi connectivity index (χ2v) is 23.1. The van der Waals surface area contributed by atoms with Crippen LogP contribution in [0.25, 0.3) is 17.0 Å². The van der Waals surface area contributed by atoms with Crippen molar-refractivity contribution in [2.75, 3.05) is 19.6 Å². The minimum absolute atomic E-state index is 0.00128. The number of nitrogens with one attached hydrogen (secondary N) is 11. The third-order valence-corrected chi connectivity index (χ3v) is 14.6. The summed E-state index contributed by atoms with van der Waals surface area (Å²) in [5.74, 6) is -5.45. The summed E-state index contributed by atoms with van der Waals surface area (Å²) in [6, 6.07) is 2.04. The number of carbonyl (C=O) groups excluding carboxylic acids is 10. The Kier molecular flexibility index (Phi) is 33.8. The van der Waals surface area contributed by atoms with Crippen LogP contribution in [0.2, 0.25) is 0 Å². The predicted molar refractivity (Wildman–Crippen MR) is 346 cm³/mol. The number of carbonyl (C=O) groups is 10. The van der Waals surface area contributed by atoms with Crippen molar-refractivity contribution in [3.63, 3.8) is 0 Å². The summed E-state index contributed by atoms with van der Waals surface area (Å²) in [5.41, 5.74) is 38.8. The van der Waals surface area contributed by atoms with E-state index in [1.54, 1.807) is 44.2 Å². The zero-order valence-corrected chi connectivity index (χ0v) is 52.9. The summed E-state index contributed by atoms with van der Waals surface area (Å²) in [6.45, 7) is 12.5. The SMILES string of the molecule is C#CCC(N)C(=O)NCCCCC(NC(C)=O)C(=O)NC(Cc1cc2ccccc2[nH]1)C(=O)NC(CCCCN)C(=O)NC(C(=O)NC(CCCCN(/C=C/CC(N)C(N)=O)N=N)C(=O)NC(CC(C)C)C(=O)NC(Cc1ccc(/C=C\C=C)[nH]1)C(N)=O)C(C)C. The Balaban J connectivity index is 1.96. The Labute approximate surface area is 532 Å². The van der Waals surface area contributed by atoms with Gasteiger partial charge in [-0.3, -0.25) is 53.0 Å². The van der Waals surface area contributed by atoms with Crippen molar-refractivity contribution in [3.8, 4) is 12.3 Å². The molecule has 0 fully saturated rings. The lowest BCUT2D eigenvalue weighted by atomic mass is 9.99. The van der Waals surface area contributed by atoms with Crippen molar-refractivity contribution in [2.45, 2.75) is 179 Å². The quantitative estimate of drug-likeness (QED) is 0.0123. The molecule has 28 heteroatoms. The molecule has 9 atom stereocenters. The Hall–Kier alpha value is -9.20. The first-order valence-corrected chi connectivity index (χ1v) is 30.8. The van der Waals surface area contributed by atoms with E-state index < -0.39 is 119 Å². The molecule has 0 aliphatic carbocycles. The molecule has 0 saturated heterocycles. The molecule has 3 rings (SSSR count). The molecular weight excluding hydrogens is 1170 g/mol. The smallest absolute Gasteiger partial charge is 0.243 e. The summed E-state index contributed by atoms with van der Waals surface area (Å²) < 4.78 is 0. The summed E-state index contributed by atoms with van der Waals surface area (Å²) >= 11 is 0. The van der Waals surface area contributed by atoms with Gasteiger partial charge in [-0.2, -0.15) is 5.53 Å². The maximum atomic E-state index is 14.7. The van der Waals surface area contributed by atoms with Gasteiger partial charge in [0.25, 0.3) is 0 Å². The number of aromatic nitrogens is 2. The largest absolute Gasteiger partial charge is 0.368 e. The van der Waals surface area contributed by atoms with Gasteiger partial charge in [-0.25, -0.2) is 0 Å². The number of H-pyrrole nitrogens is 2. The minimum Gasteiger partial charge on any atom is -0.368 e. The third kappa shape index (κ3) is 28.0. The van der Waals surface area contributed by atoms with E-state index in [1.807, 2.05) is 44.2 Å². The van der Waals surface area contributed by atoms with Crippen LogP contribution >= 0.6 is 0 Å². The van der Waals surface area contributed by atoms with Crippen LogP contribution in [0.15, 0.2) is 78.7 Å². The highest BCUT2D eigenvalue weighted by atomic mass is 16.2. The van der Waals surface area contributed by atoms with Crippen LogP contribution in [0.5, 0.6) is 0 Å². The van der Waals surface area contributed by atoms with Gasteiger partial charge >= 0.3 is 0 Å². The predicted octanol–water partition coefficient (Wildman–Crippen LogP) is 0.982. The number of fused-ring (bicyclic) bond motifs is 1. The fourth-order valence-electron chi connectivity index (χ4n) is 9.61. The number of benzene rings is 1. The van der Waals surface area contributed by atoms with Crippen LogP contribution < -0.4 is 71.2 Å². The van der Waals surface area contributed by atoms with Gasteiger partial charge in [0, 0.05) is 68.1 Å². The molecule has 9 unspecified atom stereocenters. The van der Waals surface area contributed by atoms with Crippen molar-refractivity contribution in [3.05, 3.63) is 90.6 Å². The number of allylic oxidation sites excluding steroid dienone is 2. The minimum atomic E-state index is -1.34. The Morgan fingerprint density at radius 3 is 1.84 bits per heavy atom. The van der Waals surface area contributed by atoms with Crippen molar-refractivity contribution in [1.29, 1.82) is 5.53 Å². The number of aromatic amines is 2. The normalized spacial score (nSPS) is 14.3. The number of unbranched alkanes of at least 4 members (excludes halogenated alkanes) is 3. The lowest BCUT2D eigenvalue weighted by Gasteiger charge is -2.29. The molecular formula is C63H96N18O10. The fraction of sp³-hybridized carbons (Fsp3) is 0.524. The number of terminal acetylenes is 1. The maximum absolute atomic E-state index is 14.7. The molecule has 28 nitrogen and oxygen atoms in total. The number of amides is 10. The molecule has 0 spiro atoms. The van der Waals surface area contributed by atoms with Crippen LogP contribution in [0.3, 0.4) is 0 Å². The Morgan fingerprint density at radius 1 is 0.670 bits per heavy atom. The number of hydrogen-bond acceptors (Lipinski definition) is 15. The van der Waals surface area contributed by atoms with Crippen molar-refractivity contribution >= 4 is 76.1 Å². The maximum Gasteiger partial charge on any atom is 0.243 e. The van der Waals surface area contributed by atoms with E-state index in [4.69, 9.17) is 40.6 Å². The van der Waals surface area contributed by atoms with Crippen LogP contribution in [-0.4, -0.2) is 148 Å². The van der Waals surface area contributed by atoms with Crippen LogP contribution in [0.4, 0.5) is 0 Å². The number of primary amides is 2. The average molecular weight is 1270 g/mol. The highest BCUT2D eigenvalue weighted by Gasteiger charge is 2.35. The van der Waals surface area contributed by atoms with Gasteiger partial charge in [-0.15, -0.1) is 12.3 Å². The topological polar surface area (TPSA) is 468 Å². The average Bonchev–Trinajstić information content (AvgIpc) is 1.86. The lowest BCUT2D eigenvalue weighted by Crippen LogP contribution is -2.61. The van der Waals surface area contributed by atoms with Crippen LogP contribution in [0, 0.1) is 29.7 Å². The van der Waals surface area contributed by atoms with Crippen molar-refractivity contribution < 1.29 is 47.9 Å². The van der Waals surface area contributed by atoms with Gasteiger partial charge in [0.2, 0.25) is 59.1 Å².